The summed E-state index contributed by atoms with van der Waals surface area (Å²) in [7, 11) is 1.66. The van der Waals surface area contributed by atoms with Gasteiger partial charge in [-0.25, -0.2) is 4.98 Å². The topological polar surface area (TPSA) is 64.4 Å². The Labute approximate surface area is 171 Å². The third-order valence-corrected chi connectivity index (χ3v) is 5.29. The van der Waals surface area contributed by atoms with E-state index in [1.54, 1.807) is 13.3 Å². The molecule has 1 saturated carbocycles. The van der Waals surface area contributed by atoms with Gasteiger partial charge in [-0.05, 0) is 42.9 Å². The zero-order chi connectivity index (χ0) is 20.1. The number of nitrogens with one attached hydrogen (secondary N) is 1. The van der Waals surface area contributed by atoms with Gasteiger partial charge in [0.05, 0.1) is 19.3 Å². The summed E-state index contributed by atoms with van der Waals surface area (Å²) in [6.07, 6.45) is 5.89. The van der Waals surface area contributed by atoms with E-state index in [0.29, 0.717) is 31.1 Å². The highest BCUT2D eigenvalue weighted by Crippen LogP contribution is 2.41. The SMILES string of the molecule is COc1ccc(C(NC(=O)CCCc2ncc(-c3ccccc3)o2)C2CC2)cc1. The van der Waals surface area contributed by atoms with Gasteiger partial charge in [0.2, 0.25) is 5.91 Å². The maximum atomic E-state index is 12.5. The number of benzene rings is 2. The molecule has 4 rings (SSSR count). The number of hydrogen-bond donors (Lipinski definition) is 1. The maximum Gasteiger partial charge on any atom is 0.220 e. The summed E-state index contributed by atoms with van der Waals surface area (Å²) < 4.78 is 11.0. The average Bonchev–Trinajstić information content (AvgIpc) is 3.50. The van der Waals surface area contributed by atoms with Crippen molar-refractivity contribution >= 4 is 5.91 Å². The Balaban J connectivity index is 1.28. The molecule has 2 aromatic carbocycles. The highest BCUT2D eigenvalue weighted by molar-refractivity contribution is 5.76. The molecular weight excluding hydrogens is 364 g/mol. The summed E-state index contributed by atoms with van der Waals surface area (Å²) in [5.74, 6) is 2.87. The van der Waals surface area contributed by atoms with Gasteiger partial charge in [0.15, 0.2) is 11.7 Å². The van der Waals surface area contributed by atoms with Crippen LogP contribution in [0.4, 0.5) is 0 Å². The van der Waals surface area contributed by atoms with Crippen LogP contribution in [-0.2, 0) is 11.2 Å². The number of ether oxygens (including phenoxy) is 1. The van der Waals surface area contributed by atoms with Crippen LogP contribution >= 0.6 is 0 Å². The van der Waals surface area contributed by atoms with Crippen molar-refractivity contribution in [2.45, 2.75) is 38.1 Å². The third-order valence-electron chi connectivity index (χ3n) is 5.29. The Kier molecular flexibility index (Phi) is 5.94. The van der Waals surface area contributed by atoms with Crippen LogP contribution < -0.4 is 10.1 Å². The summed E-state index contributed by atoms with van der Waals surface area (Å²) in [5, 5.41) is 3.22. The van der Waals surface area contributed by atoms with Gasteiger partial charge in [-0.15, -0.1) is 0 Å². The number of amides is 1. The maximum absolute atomic E-state index is 12.5. The van der Waals surface area contributed by atoms with Gasteiger partial charge in [0, 0.05) is 18.4 Å². The predicted molar refractivity (Wildman–Crippen MR) is 111 cm³/mol. The zero-order valence-corrected chi connectivity index (χ0v) is 16.6. The normalized spacial score (nSPS) is 14.4. The molecule has 1 N–H and O–H groups in total. The Bertz CT molecular complexity index is 930. The first-order valence-electron chi connectivity index (χ1n) is 10.2. The summed E-state index contributed by atoms with van der Waals surface area (Å²) in [4.78, 5) is 16.9. The predicted octanol–water partition coefficient (Wildman–Crippen LogP) is 4.94. The third kappa shape index (κ3) is 5.05. The number of aryl methyl sites for hydroxylation is 1. The Morgan fingerprint density at radius 2 is 1.93 bits per heavy atom. The molecule has 0 spiro atoms. The van der Waals surface area contributed by atoms with Crippen LogP contribution in [0.1, 0.15) is 43.2 Å². The summed E-state index contributed by atoms with van der Waals surface area (Å²) in [6, 6.07) is 18.0. The Morgan fingerprint density at radius 3 is 2.62 bits per heavy atom. The highest BCUT2D eigenvalue weighted by Gasteiger charge is 2.33. The second-order valence-electron chi connectivity index (χ2n) is 7.49. The fourth-order valence-corrected chi connectivity index (χ4v) is 3.52. The quantitative estimate of drug-likeness (QED) is 0.562. The molecule has 5 nitrogen and oxygen atoms in total. The smallest absolute Gasteiger partial charge is 0.220 e. The van der Waals surface area contributed by atoms with Crippen LogP contribution in [0.3, 0.4) is 0 Å². The number of carbonyl (C=O) groups is 1. The van der Waals surface area contributed by atoms with Crippen LogP contribution in [0, 0.1) is 5.92 Å². The fourth-order valence-electron chi connectivity index (χ4n) is 3.52. The number of rotatable bonds is 9. The van der Waals surface area contributed by atoms with Crippen LogP contribution in [-0.4, -0.2) is 18.0 Å². The van der Waals surface area contributed by atoms with E-state index in [-0.39, 0.29) is 11.9 Å². The molecule has 1 aromatic heterocycles. The van der Waals surface area contributed by atoms with Crippen molar-refractivity contribution in [2.75, 3.05) is 7.11 Å². The molecule has 5 heteroatoms. The monoisotopic (exact) mass is 390 g/mol. The molecule has 0 saturated heterocycles. The lowest BCUT2D eigenvalue weighted by atomic mass is 10.0. The van der Waals surface area contributed by atoms with E-state index in [2.05, 4.69) is 10.3 Å². The minimum Gasteiger partial charge on any atom is -0.497 e. The van der Waals surface area contributed by atoms with Crippen molar-refractivity contribution in [2.24, 2.45) is 5.92 Å². The van der Waals surface area contributed by atoms with Crippen molar-refractivity contribution in [1.29, 1.82) is 0 Å². The van der Waals surface area contributed by atoms with Crippen molar-refractivity contribution in [3.05, 3.63) is 72.2 Å². The van der Waals surface area contributed by atoms with Gasteiger partial charge in [-0.3, -0.25) is 4.79 Å². The molecule has 29 heavy (non-hydrogen) atoms. The second-order valence-corrected chi connectivity index (χ2v) is 7.49. The van der Waals surface area contributed by atoms with Crippen LogP contribution in [0.25, 0.3) is 11.3 Å². The van der Waals surface area contributed by atoms with E-state index < -0.39 is 0 Å². The number of nitrogens with zero attached hydrogens (tertiary/aromatic N) is 1. The molecule has 1 heterocycles. The first-order valence-corrected chi connectivity index (χ1v) is 10.2. The lowest BCUT2D eigenvalue weighted by molar-refractivity contribution is -0.122. The van der Waals surface area contributed by atoms with Crippen molar-refractivity contribution in [1.82, 2.24) is 10.3 Å². The van der Waals surface area contributed by atoms with Gasteiger partial charge in [0.25, 0.3) is 0 Å². The summed E-state index contributed by atoms with van der Waals surface area (Å²) in [5.41, 5.74) is 2.15. The van der Waals surface area contributed by atoms with Crippen molar-refractivity contribution in [3.8, 4) is 17.1 Å². The summed E-state index contributed by atoms with van der Waals surface area (Å²) >= 11 is 0. The summed E-state index contributed by atoms with van der Waals surface area (Å²) in [6.45, 7) is 0. The zero-order valence-electron chi connectivity index (χ0n) is 16.6. The molecular formula is C24H26N2O3. The Morgan fingerprint density at radius 1 is 1.17 bits per heavy atom. The molecule has 1 aliphatic rings. The lowest BCUT2D eigenvalue weighted by Gasteiger charge is -2.19. The standard InChI is InChI=1S/C24H26N2O3/c1-28-20-14-12-19(13-15-20)24(18-10-11-18)26-22(27)8-5-9-23-25-16-21(29-23)17-6-3-2-4-7-17/h2-4,6-7,12-16,18,24H,5,8-11H2,1H3,(H,26,27). The molecule has 1 fully saturated rings. The molecule has 150 valence electrons. The molecule has 0 radical (unpaired) electrons. The van der Waals surface area contributed by atoms with E-state index in [4.69, 9.17) is 9.15 Å². The lowest BCUT2D eigenvalue weighted by Crippen LogP contribution is -2.29. The van der Waals surface area contributed by atoms with Crippen LogP contribution in [0.2, 0.25) is 0 Å². The number of hydrogen-bond acceptors (Lipinski definition) is 4. The largest absolute Gasteiger partial charge is 0.497 e. The molecule has 0 bridgehead atoms. The fraction of sp³-hybridized carbons (Fsp3) is 0.333. The van der Waals surface area contributed by atoms with Crippen LogP contribution in [0.15, 0.2) is 65.2 Å². The van der Waals surface area contributed by atoms with E-state index in [9.17, 15) is 4.79 Å². The number of oxazole rings is 1. The minimum atomic E-state index is 0.0764. The van der Waals surface area contributed by atoms with E-state index in [0.717, 1.165) is 35.5 Å². The first kappa shape index (κ1) is 19.2. The number of aromatic nitrogens is 1. The van der Waals surface area contributed by atoms with Crippen molar-refractivity contribution in [3.63, 3.8) is 0 Å². The van der Waals surface area contributed by atoms with Crippen LogP contribution in [0.5, 0.6) is 5.75 Å². The molecule has 1 amide bonds. The average molecular weight is 390 g/mol. The Hall–Kier alpha value is -3.08. The second kappa shape index (κ2) is 8.95. The number of methoxy groups -OCH3 is 1. The minimum absolute atomic E-state index is 0.0764. The van der Waals surface area contributed by atoms with Gasteiger partial charge in [0.1, 0.15) is 5.75 Å². The van der Waals surface area contributed by atoms with E-state index in [1.165, 1.54) is 0 Å². The van der Waals surface area contributed by atoms with Gasteiger partial charge in [-0.2, -0.15) is 0 Å². The molecule has 1 aliphatic carbocycles. The first-order chi connectivity index (χ1) is 14.2. The highest BCUT2D eigenvalue weighted by atomic mass is 16.5. The molecule has 0 aliphatic heterocycles. The molecule has 1 atom stereocenters. The van der Waals surface area contributed by atoms with Gasteiger partial charge in [-0.1, -0.05) is 42.5 Å². The van der Waals surface area contributed by atoms with E-state index >= 15 is 0 Å². The molecule has 3 aromatic rings. The van der Waals surface area contributed by atoms with Gasteiger partial charge >= 0.3 is 0 Å². The van der Waals surface area contributed by atoms with E-state index in [1.807, 2.05) is 54.6 Å². The number of carbonyl (C=O) groups excluding carboxylic acids is 1. The molecule has 1 unspecified atom stereocenters. The van der Waals surface area contributed by atoms with Gasteiger partial charge < -0.3 is 14.5 Å². The van der Waals surface area contributed by atoms with Crippen molar-refractivity contribution < 1.29 is 13.9 Å².